The van der Waals surface area contributed by atoms with Crippen molar-refractivity contribution in [2.45, 2.75) is 88.2 Å². The molecule has 180 valence electrons. The average Bonchev–Trinajstić information content (AvgIpc) is 3.24. The molecule has 0 aliphatic rings. The average molecular weight is 446 g/mol. The normalized spacial score (nSPS) is 10.7. The molecule has 3 rings (SSSR count). The Morgan fingerprint density at radius 2 is 1.16 bits per heavy atom. The zero-order valence-electron chi connectivity index (χ0n) is 21.9. The third-order valence-electron chi connectivity index (χ3n) is 7.27. The second kappa shape index (κ2) is 11.5. The number of imidazole rings is 3. The molecule has 3 aromatic rings. The molecule has 0 saturated carbocycles. The lowest BCUT2D eigenvalue weighted by Gasteiger charge is -2.03. The first-order valence-electron chi connectivity index (χ1n) is 11.6. The van der Waals surface area contributed by atoms with Crippen LogP contribution in [0.2, 0.25) is 0 Å². The van der Waals surface area contributed by atoms with E-state index in [1.807, 2.05) is 0 Å². The van der Waals surface area contributed by atoms with E-state index in [1.165, 1.54) is 53.1 Å². The van der Waals surface area contributed by atoms with Crippen LogP contribution in [-0.2, 0) is 47.7 Å². The van der Waals surface area contributed by atoms with Crippen molar-refractivity contribution in [2.24, 2.45) is 28.2 Å². The van der Waals surface area contributed by atoms with Crippen molar-refractivity contribution in [1.29, 1.82) is 0 Å². The van der Waals surface area contributed by atoms with E-state index in [4.69, 9.17) is 0 Å². The minimum Gasteiger partial charge on any atom is -0.237 e. The standard InChI is InChI=1S/C18H32N4.C7H13N2.CH4/c1-13-15(3)21(17(5)19(13)7)11-9-10-12-22-16(4)14(2)20(8)18(22)6;1-4-7-8(2)5-6-9(7)3;/h9-12H2,1-8H3;5-6H,4H2,1-3H3;1H4/q+2;+1;. The minimum atomic E-state index is 0. The van der Waals surface area contributed by atoms with Crippen LogP contribution in [0.5, 0.6) is 0 Å². The van der Waals surface area contributed by atoms with Crippen LogP contribution in [0.15, 0.2) is 12.4 Å². The molecule has 0 N–H and O–H groups in total. The zero-order chi connectivity index (χ0) is 23.5. The lowest BCUT2D eigenvalue weighted by Crippen LogP contribution is -2.33. The summed E-state index contributed by atoms with van der Waals surface area (Å²) in [5.74, 6) is 4.06. The third kappa shape index (κ3) is 5.51. The summed E-state index contributed by atoms with van der Waals surface area (Å²) in [6.45, 7) is 17.7. The fourth-order valence-corrected chi connectivity index (χ4v) is 4.53. The van der Waals surface area contributed by atoms with E-state index in [2.05, 4.69) is 116 Å². The molecule has 0 fully saturated rings. The van der Waals surface area contributed by atoms with Crippen LogP contribution >= 0.6 is 0 Å². The number of hydrogen-bond donors (Lipinski definition) is 0. The summed E-state index contributed by atoms with van der Waals surface area (Å²) >= 11 is 0. The molecule has 0 aliphatic heterocycles. The van der Waals surface area contributed by atoms with Crippen molar-refractivity contribution in [3.63, 3.8) is 0 Å². The summed E-state index contributed by atoms with van der Waals surface area (Å²) < 4.78 is 13.8. The van der Waals surface area contributed by atoms with Crippen molar-refractivity contribution in [1.82, 2.24) is 13.7 Å². The molecule has 0 unspecified atom stereocenters. The maximum absolute atomic E-state index is 2.45. The van der Waals surface area contributed by atoms with E-state index in [-0.39, 0.29) is 7.43 Å². The maximum atomic E-state index is 2.45. The fourth-order valence-electron chi connectivity index (χ4n) is 4.53. The topological polar surface area (TPSA) is 26.4 Å². The molecule has 0 spiro atoms. The summed E-state index contributed by atoms with van der Waals surface area (Å²) in [6, 6.07) is 0. The molecule has 0 aliphatic carbocycles. The lowest BCUT2D eigenvalue weighted by atomic mass is 10.2. The third-order valence-corrected chi connectivity index (χ3v) is 7.27. The summed E-state index contributed by atoms with van der Waals surface area (Å²) in [5.41, 5.74) is 5.54. The summed E-state index contributed by atoms with van der Waals surface area (Å²) in [6.07, 6.45) is 7.67. The molecule has 0 bridgehead atoms. The lowest BCUT2D eigenvalue weighted by molar-refractivity contribution is -0.683. The van der Waals surface area contributed by atoms with Crippen LogP contribution in [0.1, 0.15) is 67.4 Å². The number of nitrogens with zero attached hydrogens (tertiary/aromatic N) is 6. The maximum Gasteiger partial charge on any atom is 0.255 e. The van der Waals surface area contributed by atoms with Crippen LogP contribution in [0.4, 0.5) is 0 Å². The van der Waals surface area contributed by atoms with Gasteiger partial charge in [-0.2, -0.15) is 0 Å². The van der Waals surface area contributed by atoms with Crippen LogP contribution in [0.3, 0.4) is 0 Å². The highest BCUT2D eigenvalue weighted by molar-refractivity contribution is 5.07. The molecule has 6 heteroatoms. The molecule has 3 aromatic heterocycles. The molecule has 32 heavy (non-hydrogen) atoms. The first-order valence-corrected chi connectivity index (χ1v) is 11.6. The van der Waals surface area contributed by atoms with Gasteiger partial charge in [0.2, 0.25) is 0 Å². The molecule has 0 aromatic carbocycles. The Balaban J connectivity index is 0.000000431. The summed E-state index contributed by atoms with van der Waals surface area (Å²) in [4.78, 5) is 0. The smallest absolute Gasteiger partial charge is 0.237 e. The van der Waals surface area contributed by atoms with E-state index in [0.29, 0.717) is 0 Å². The molecular formula is C26H49N6+3. The Morgan fingerprint density at radius 1 is 0.750 bits per heavy atom. The highest BCUT2D eigenvalue weighted by atomic mass is 15.2. The van der Waals surface area contributed by atoms with E-state index in [0.717, 1.165) is 19.5 Å². The Labute approximate surface area is 196 Å². The van der Waals surface area contributed by atoms with Crippen LogP contribution in [0.25, 0.3) is 0 Å². The molecule has 0 atom stereocenters. The van der Waals surface area contributed by atoms with Gasteiger partial charge in [0.1, 0.15) is 35.2 Å². The first-order chi connectivity index (χ1) is 14.5. The molecule has 0 radical (unpaired) electrons. The van der Waals surface area contributed by atoms with Gasteiger partial charge in [-0.15, -0.1) is 0 Å². The number of rotatable bonds is 6. The van der Waals surface area contributed by atoms with Crippen LogP contribution in [0, 0.1) is 41.5 Å². The van der Waals surface area contributed by atoms with Crippen molar-refractivity contribution in [3.05, 3.63) is 52.6 Å². The highest BCUT2D eigenvalue weighted by Crippen LogP contribution is 2.12. The Morgan fingerprint density at radius 3 is 1.38 bits per heavy atom. The van der Waals surface area contributed by atoms with E-state index in [1.54, 1.807) is 0 Å². The van der Waals surface area contributed by atoms with Crippen molar-refractivity contribution >= 4 is 0 Å². The largest absolute Gasteiger partial charge is 0.255 e. The highest BCUT2D eigenvalue weighted by Gasteiger charge is 2.21. The molecule has 0 amide bonds. The fraction of sp³-hybridized carbons (Fsp3) is 0.654. The Bertz CT molecular complexity index is 901. The van der Waals surface area contributed by atoms with Gasteiger partial charge < -0.3 is 0 Å². The van der Waals surface area contributed by atoms with Gasteiger partial charge in [0.15, 0.2) is 0 Å². The van der Waals surface area contributed by atoms with E-state index < -0.39 is 0 Å². The SMILES string of the molecule is C.CCc1n(C)cc[n+]1C.Cc1c(C)[n+](C)c(C)n1CCCCn1c(C)c(C)[n+](C)c1C. The summed E-state index contributed by atoms with van der Waals surface area (Å²) in [7, 11) is 8.45. The van der Waals surface area contributed by atoms with Gasteiger partial charge in [0, 0.05) is 48.0 Å². The van der Waals surface area contributed by atoms with Gasteiger partial charge in [-0.05, 0) is 12.8 Å². The second-order valence-corrected chi connectivity index (χ2v) is 8.85. The van der Waals surface area contributed by atoms with Crippen LogP contribution < -0.4 is 13.7 Å². The van der Waals surface area contributed by atoms with Gasteiger partial charge >= 0.3 is 0 Å². The van der Waals surface area contributed by atoms with Crippen LogP contribution in [-0.4, -0.2) is 13.7 Å². The van der Waals surface area contributed by atoms with Gasteiger partial charge in [0.05, 0.1) is 41.3 Å². The molecule has 3 heterocycles. The zero-order valence-corrected chi connectivity index (χ0v) is 21.9. The minimum absolute atomic E-state index is 0. The number of aromatic nitrogens is 6. The van der Waals surface area contributed by atoms with E-state index in [9.17, 15) is 0 Å². The molecule has 0 saturated heterocycles. The second-order valence-electron chi connectivity index (χ2n) is 8.85. The van der Waals surface area contributed by atoms with Gasteiger partial charge in [0.25, 0.3) is 17.5 Å². The number of unbranched alkanes of at least 4 members (excludes halogenated alkanes) is 1. The van der Waals surface area contributed by atoms with Crippen molar-refractivity contribution < 1.29 is 13.7 Å². The van der Waals surface area contributed by atoms with Gasteiger partial charge in [-0.3, -0.25) is 0 Å². The Hall–Kier alpha value is -2.37. The van der Waals surface area contributed by atoms with Crippen molar-refractivity contribution in [3.8, 4) is 0 Å². The molecular weight excluding hydrogens is 396 g/mol. The Kier molecular flexibility index (Phi) is 9.93. The molecule has 6 nitrogen and oxygen atoms in total. The van der Waals surface area contributed by atoms with E-state index >= 15 is 0 Å². The summed E-state index contributed by atoms with van der Waals surface area (Å²) in [5, 5.41) is 0. The van der Waals surface area contributed by atoms with Gasteiger partial charge in [-0.25, -0.2) is 27.4 Å². The number of aryl methyl sites for hydroxylation is 2. The van der Waals surface area contributed by atoms with Gasteiger partial charge in [-0.1, -0.05) is 14.4 Å². The predicted octanol–water partition coefficient (Wildman–Crippen LogP) is 3.32. The monoisotopic (exact) mass is 445 g/mol. The predicted molar refractivity (Wildman–Crippen MR) is 132 cm³/mol. The number of hydrogen-bond acceptors (Lipinski definition) is 0. The first kappa shape index (κ1) is 27.7. The quantitative estimate of drug-likeness (QED) is 0.411. The van der Waals surface area contributed by atoms with Crippen molar-refractivity contribution in [2.75, 3.05) is 0 Å².